The number of nitrogen functional groups attached to an aromatic ring is 1. The maximum absolute atomic E-state index is 11.5. The Labute approximate surface area is 105 Å². The van der Waals surface area contributed by atoms with Crippen molar-refractivity contribution in [1.82, 2.24) is 14.8 Å². The number of rotatable bonds is 3. The minimum atomic E-state index is -0.345. The summed E-state index contributed by atoms with van der Waals surface area (Å²) in [5.74, 6) is 0.0437. The van der Waals surface area contributed by atoms with Gasteiger partial charge < -0.3 is 10.5 Å². The summed E-state index contributed by atoms with van der Waals surface area (Å²) in [6, 6.07) is 1.94. The number of hydrogen-bond acceptors (Lipinski definition) is 5. The van der Waals surface area contributed by atoms with Gasteiger partial charge in [-0.25, -0.2) is 9.67 Å². The third-order valence-electron chi connectivity index (χ3n) is 2.64. The molecule has 0 saturated carbocycles. The van der Waals surface area contributed by atoms with Gasteiger partial charge in [0.05, 0.1) is 12.0 Å². The summed E-state index contributed by atoms with van der Waals surface area (Å²) in [6.45, 7) is 5.98. The van der Waals surface area contributed by atoms with Gasteiger partial charge in [-0.2, -0.15) is 5.10 Å². The van der Waals surface area contributed by atoms with Crippen molar-refractivity contribution in [3.05, 3.63) is 17.3 Å². The van der Waals surface area contributed by atoms with E-state index >= 15 is 0 Å². The van der Waals surface area contributed by atoms with Crippen molar-refractivity contribution < 1.29 is 9.53 Å². The molecule has 2 aromatic rings. The van der Waals surface area contributed by atoms with Crippen LogP contribution in [0.2, 0.25) is 0 Å². The van der Waals surface area contributed by atoms with Gasteiger partial charge in [-0.1, -0.05) is 0 Å². The minimum Gasteiger partial charge on any atom is -0.465 e. The summed E-state index contributed by atoms with van der Waals surface area (Å²) >= 11 is 0. The fourth-order valence-corrected chi connectivity index (χ4v) is 1.99. The molecule has 0 aliphatic carbocycles. The number of ether oxygens (including phenoxy) is 1. The Balaban J connectivity index is 2.49. The van der Waals surface area contributed by atoms with Crippen LogP contribution in [-0.4, -0.2) is 27.3 Å². The van der Waals surface area contributed by atoms with Crippen LogP contribution >= 0.6 is 0 Å². The van der Waals surface area contributed by atoms with Gasteiger partial charge in [-0.15, -0.1) is 0 Å². The average Bonchev–Trinajstić information content (AvgIpc) is 2.55. The maximum atomic E-state index is 11.5. The molecule has 0 unspecified atom stereocenters. The van der Waals surface area contributed by atoms with Crippen molar-refractivity contribution in [2.75, 3.05) is 12.3 Å². The van der Waals surface area contributed by atoms with E-state index in [0.29, 0.717) is 18.1 Å². The molecule has 0 aliphatic heterocycles. The number of nitrogens with two attached hydrogens (primary N) is 1. The van der Waals surface area contributed by atoms with Crippen LogP contribution in [-0.2, 0) is 16.1 Å². The summed E-state index contributed by atoms with van der Waals surface area (Å²) in [5.41, 5.74) is 8.35. The zero-order valence-electron chi connectivity index (χ0n) is 10.7. The molecule has 2 N–H and O–H groups in total. The molecule has 0 saturated heterocycles. The lowest BCUT2D eigenvalue weighted by Crippen LogP contribution is -2.15. The first-order valence-electron chi connectivity index (χ1n) is 5.78. The predicted molar refractivity (Wildman–Crippen MR) is 68.0 cm³/mol. The topological polar surface area (TPSA) is 83.0 Å². The van der Waals surface area contributed by atoms with Gasteiger partial charge in [-0.05, 0) is 32.4 Å². The Morgan fingerprint density at radius 1 is 1.50 bits per heavy atom. The molecular weight excluding hydrogens is 232 g/mol. The lowest BCUT2D eigenvalue weighted by Gasteiger charge is -2.04. The number of nitrogens with zero attached hydrogens (tertiary/aromatic N) is 3. The number of carbonyl (C=O) groups is 1. The molecule has 0 aromatic carbocycles. The maximum Gasteiger partial charge on any atom is 0.327 e. The molecule has 0 aliphatic rings. The van der Waals surface area contributed by atoms with Crippen LogP contribution in [0.15, 0.2) is 6.07 Å². The van der Waals surface area contributed by atoms with E-state index < -0.39 is 0 Å². The monoisotopic (exact) mass is 248 g/mol. The van der Waals surface area contributed by atoms with Crippen LogP contribution in [0.25, 0.3) is 11.0 Å². The van der Waals surface area contributed by atoms with Gasteiger partial charge in [0.2, 0.25) is 0 Å². The molecule has 0 radical (unpaired) electrons. The number of anilines is 1. The fraction of sp³-hybridized carbons (Fsp3) is 0.417. The molecule has 0 fully saturated rings. The van der Waals surface area contributed by atoms with Crippen LogP contribution in [0.4, 0.5) is 5.82 Å². The van der Waals surface area contributed by atoms with Crippen LogP contribution in [0, 0.1) is 13.8 Å². The molecule has 0 bridgehead atoms. The van der Waals surface area contributed by atoms with E-state index in [-0.39, 0.29) is 12.5 Å². The Kier molecular flexibility index (Phi) is 3.18. The molecule has 2 rings (SSSR count). The van der Waals surface area contributed by atoms with Crippen molar-refractivity contribution in [1.29, 1.82) is 0 Å². The van der Waals surface area contributed by atoms with E-state index in [0.717, 1.165) is 16.6 Å². The zero-order chi connectivity index (χ0) is 13.3. The molecule has 96 valence electrons. The summed E-state index contributed by atoms with van der Waals surface area (Å²) < 4.78 is 6.38. The molecule has 0 amide bonds. The third-order valence-corrected chi connectivity index (χ3v) is 2.64. The second-order valence-corrected chi connectivity index (χ2v) is 4.13. The van der Waals surface area contributed by atoms with Crippen LogP contribution < -0.4 is 5.73 Å². The van der Waals surface area contributed by atoms with Crippen molar-refractivity contribution in [2.45, 2.75) is 27.3 Å². The van der Waals surface area contributed by atoms with E-state index in [1.807, 2.05) is 19.9 Å². The van der Waals surface area contributed by atoms with Crippen molar-refractivity contribution in [3.63, 3.8) is 0 Å². The molecule has 6 heteroatoms. The van der Waals surface area contributed by atoms with E-state index in [2.05, 4.69) is 10.1 Å². The third kappa shape index (κ3) is 2.13. The molecule has 2 aromatic heterocycles. The normalized spacial score (nSPS) is 10.8. The van der Waals surface area contributed by atoms with Gasteiger partial charge in [0.1, 0.15) is 6.54 Å². The summed E-state index contributed by atoms with van der Waals surface area (Å²) in [5, 5.41) is 4.94. The highest BCUT2D eigenvalue weighted by molar-refractivity contribution is 5.90. The van der Waals surface area contributed by atoms with Crippen molar-refractivity contribution in [3.8, 4) is 0 Å². The standard InChI is InChI=1S/C12H16N4O2/c1-4-18-9(17)6-16-12-10(11(13)15-16)7(2)5-8(3)14-12/h5H,4,6H2,1-3H3,(H2,13,15). The first kappa shape index (κ1) is 12.3. The minimum absolute atomic E-state index is 0.0252. The first-order valence-corrected chi connectivity index (χ1v) is 5.78. The summed E-state index contributed by atoms with van der Waals surface area (Å²) in [6.07, 6.45) is 0. The Morgan fingerprint density at radius 3 is 2.89 bits per heavy atom. The molecule has 0 atom stereocenters. The first-order chi connectivity index (χ1) is 8.52. The lowest BCUT2D eigenvalue weighted by atomic mass is 10.2. The Morgan fingerprint density at radius 2 is 2.22 bits per heavy atom. The van der Waals surface area contributed by atoms with Crippen LogP contribution in [0.1, 0.15) is 18.2 Å². The molecule has 0 spiro atoms. The van der Waals surface area contributed by atoms with Crippen LogP contribution in [0.5, 0.6) is 0 Å². The molecule has 18 heavy (non-hydrogen) atoms. The number of carbonyl (C=O) groups excluding carboxylic acids is 1. The van der Waals surface area contributed by atoms with Gasteiger partial charge in [0.15, 0.2) is 11.5 Å². The number of pyridine rings is 1. The van der Waals surface area contributed by atoms with Crippen molar-refractivity contribution in [2.24, 2.45) is 0 Å². The zero-order valence-corrected chi connectivity index (χ0v) is 10.7. The van der Waals surface area contributed by atoms with Gasteiger partial charge in [0, 0.05) is 5.69 Å². The van der Waals surface area contributed by atoms with Gasteiger partial charge in [0.25, 0.3) is 0 Å². The van der Waals surface area contributed by atoms with Gasteiger partial charge in [-0.3, -0.25) is 4.79 Å². The van der Waals surface area contributed by atoms with E-state index in [1.54, 1.807) is 6.92 Å². The number of aromatic nitrogens is 3. The second kappa shape index (κ2) is 4.64. The largest absolute Gasteiger partial charge is 0.465 e. The van der Waals surface area contributed by atoms with Crippen molar-refractivity contribution >= 4 is 22.8 Å². The average molecular weight is 248 g/mol. The number of hydrogen-bond donors (Lipinski definition) is 1. The predicted octanol–water partition coefficient (Wildman–Crippen LogP) is 1.19. The summed E-state index contributed by atoms with van der Waals surface area (Å²) in [7, 11) is 0. The molecule has 2 heterocycles. The highest BCUT2D eigenvalue weighted by atomic mass is 16.5. The number of aryl methyl sites for hydroxylation is 2. The molecule has 6 nitrogen and oxygen atoms in total. The Bertz CT molecular complexity index is 604. The Hall–Kier alpha value is -2.11. The SMILES string of the molecule is CCOC(=O)Cn1nc(N)c2c(C)cc(C)nc21. The molecular formula is C12H16N4O2. The van der Waals surface area contributed by atoms with E-state index in [4.69, 9.17) is 10.5 Å². The highest BCUT2D eigenvalue weighted by Crippen LogP contribution is 2.23. The number of esters is 1. The highest BCUT2D eigenvalue weighted by Gasteiger charge is 2.15. The quantitative estimate of drug-likeness (QED) is 0.825. The van der Waals surface area contributed by atoms with Gasteiger partial charge >= 0.3 is 5.97 Å². The fourth-order valence-electron chi connectivity index (χ4n) is 1.99. The second-order valence-electron chi connectivity index (χ2n) is 4.13. The number of fused-ring (bicyclic) bond motifs is 1. The lowest BCUT2D eigenvalue weighted by molar-refractivity contribution is -0.143. The van der Waals surface area contributed by atoms with E-state index in [9.17, 15) is 4.79 Å². The van der Waals surface area contributed by atoms with E-state index in [1.165, 1.54) is 4.68 Å². The van der Waals surface area contributed by atoms with Crippen LogP contribution in [0.3, 0.4) is 0 Å². The smallest absolute Gasteiger partial charge is 0.327 e. The summed E-state index contributed by atoms with van der Waals surface area (Å²) in [4.78, 5) is 15.9.